The molecule has 1 aromatic heterocycles. The number of benzene rings is 2. The molecule has 4 rings (SSSR count). The first-order chi connectivity index (χ1) is 15.4. The van der Waals surface area contributed by atoms with Crippen LogP contribution in [0.5, 0.6) is 0 Å². The number of hydrogen-bond donors (Lipinski definition) is 1. The number of nitrogens with zero attached hydrogens (tertiary/aromatic N) is 3. The molecule has 0 radical (unpaired) electrons. The molecule has 1 fully saturated rings. The molecule has 0 aliphatic carbocycles. The van der Waals surface area contributed by atoms with Gasteiger partial charge < -0.3 is 9.80 Å². The van der Waals surface area contributed by atoms with Crippen LogP contribution in [-0.2, 0) is 16.6 Å². The summed E-state index contributed by atoms with van der Waals surface area (Å²) in [4.78, 5) is 21.7. The normalized spacial score (nSPS) is 14.9. The minimum absolute atomic E-state index is 0.138. The van der Waals surface area contributed by atoms with Crippen molar-refractivity contribution < 1.29 is 13.2 Å². The Balaban J connectivity index is 1.48. The number of aromatic nitrogens is 1. The minimum atomic E-state index is -3.76. The molecule has 1 aliphatic heterocycles. The Kier molecular flexibility index (Phi) is 6.88. The number of thiazole rings is 1. The number of rotatable bonds is 6. The van der Waals surface area contributed by atoms with Crippen LogP contribution in [0.2, 0.25) is 0 Å². The maximum atomic E-state index is 13.2. The first-order valence-corrected chi connectivity index (χ1v) is 12.9. The second-order valence-corrected chi connectivity index (χ2v) is 10.3. The van der Waals surface area contributed by atoms with Gasteiger partial charge in [0.2, 0.25) is 10.0 Å². The summed E-state index contributed by atoms with van der Waals surface area (Å²) < 4.78 is 28.6. The molecule has 1 amide bonds. The minimum Gasteiger partial charge on any atom is -0.346 e. The van der Waals surface area contributed by atoms with Crippen molar-refractivity contribution in [3.63, 3.8) is 0 Å². The molecule has 32 heavy (non-hydrogen) atoms. The molecule has 0 unspecified atom stereocenters. The van der Waals surface area contributed by atoms with E-state index >= 15 is 0 Å². The molecule has 0 saturated carbocycles. The lowest BCUT2D eigenvalue weighted by Crippen LogP contribution is -2.35. The predicted octanol–water partition coefficient (Wildman–Crippen LogP) is 3.28. The van der Waals surface area contributed by atoms with E-state index in [-0.39, 0.29) is 17.3 Å². The van der Waals surface area contributed by atoms with Gasteiger partial charge in [-0.3, -0.25) is 4.79 Å². The highest BCUT2D eigenvalue weighted by Crippen LogP contribution is 2.22. The highest BCUT2D eigenvalue weighted by atomic mass is 32.2. The van der Waals surface area contributed by atoms with Gasteiger partial charge in [0.1, 0.15) is 0 Å². The summed E-state index contributed by atoms with van der Waals surface area (Å²) in [6, 6.07) is 14.2. The van der Waals surface area contributed by atoms with Crippen LogP contribution in [0.25, 0.3) is 0 Å². The third kappa shape index (κ3) is 5.17. The summed E-state index contributed by atoms with van der Waals surface area (Å²) >= 11 is 1.59. The van der Waals surface area contributed by atoms with Gasteiger partial charge in [-0.1, -0.05) is 36.4 Å². The third-order valence-corrected chi connectivity index (χ3v) is 7.88. The monoisotopic (exact) mass is 470 g/mol. The molecule has 0 spiro atoms. The summed E-state index contributed by atoms with van der Waals surface area (Å²) in [5, 5.41) is 2.91. The molecule has 168 valence electrons. The van der Waals surface area contributed by atoms with Crippen molar-refractivity contribution in [3.8, 4) is 0 Å². The first-order valence-electron chi connectivity index (χ1n) is 10.5. The molecule has 7 nitrogen and oxygen atoms in total. The van der Waals surface area contributed by atoms with Crippen LogP contribution in [0, 0.1) is 6.92 Å². The summed E-state index contributed by atoms with van der Waals surface area (Å²) in [6.45, 7) is 4.68. The van der Waals surface area contributed by atoms with Gasteiger partial charge in [0, 0.05) is 49.9 Å². The molecular weight excluding hydrogens is 444 g/mol. The summed E-state index contributed by atoms with van der Waals surface area (Å²) in [5.74, 6) is -0.148. The van der Waals surface area contributed by atoms with Crippen molar-refractivity contribution in [2.75, 3.05) is 31.1 Å². The van der Waals surface area contributed by atoms with Gasteiger partial charge in [-0.15, -0.1) is 11.3 Å². The Morgan fingerprint density at radius 1 is 1.09 bits per heavy atom. The highest BCUT2D eigenvalue weighted by Gasteiger charge is 2.24. The molecule has 2 heterocycles. The summed E-state index contributed by atoms with van der Waals surface area (Å²) in [5.41, 5.74) is 1.86. The van der Waals surface area contributed by atoms with Crippen LogP contribution >= 0.6 is 11.3 Å². The Bertz CT molecular complexity index is 1170. The standard InChI is InChI=1S/C23H26N4O3S2/c1-18-8-9-20(16-21(18)32(29,30)25-17-19-6-3-2-4-7-19)22(28)26-11-5-12-27(14-13-26)23-24-10-15-31-23/h2-4,6-10,15-16,25H,5,11-14,17H2,1H3. The number of amides is 1. The van der Waals surface area contributed by atoms with Gasteiger partial charge in [0.05, 0.1) is 4.90 Å². The summed E-state index contributed by atoms with van der Waals surface area (Å²) in [7, 11) is -3.76. The largest absolute Gasteiger partial charge is 0.346 e. The van der Waals surface area contributed by atoms with E-state index in [1.807, 2.05) is 35.7 Å². The first kappa shape index (κ1) is 22.4. The predicted molar refractivity (Wildman–Crippen MR) is 126 cm³/mol. The average Bonchev–Trinajstić information content (AvgIpc) is 3.23. The Labute approximate surface area is 192 Å². The van der Waals surface area contributed by atoms with E-state index in [4.69, 9.17) is 0 Å². The van der Waals surface area contributed by atoms with Crippen LogP contribution in [0.1, 0.15) is 27.9 Å². The van der Waals surface area contributed by atoms with E-state index in [1.165, 1.54) is 6.07 Å². The van der Waals surface area contributed by atoms with Crippen LogP contribution in [0.3, 0.4) is 0 Å². The van der Waals surface area contributed by atoms with E-state index in [1.54, 1.807) is 41.5 Å². The molecule has 1 N–H and O–H groups in total. The van der Waals surface area contributed by atoms with Gasteiger partial charge in [-0.25, -0.2) is 18.1 Å². The van der Waals surface area contributed by atoms with E-state index < -0.39 is 10.0 Å². The molecule has 0 atom stereocenters. The zero-order valence-electron chi connectivity index (χ0n) is 17.9. The molecule has 1 saturated heterocycles. The van der Waals surface area contributed by atoms with Crippen molar-refractivity contribution in [1.82, 2.24) is 14.6 Å². The van der Waals surface area contributed by atoms with Crippen molar-refractivity contribution in [2.24, 2.45) is 0 Å². The van der Waals surface area contributed by atoms with Gasteiger partial charge in [-0.05, 0) is 36.6 Å². The zero-order chi connectivity index (χ0) is 22.6. The Morgan fingerprint density at radius 3 is 2.66 bits per heavy atom. The average molecular weight is 471 g/mol. The van der Waals surface area contributed by atoms with E-state index in [9.17, 15) is 13.2 Å². The molecule has 2 aromatic carbocycles. The molecular formula is C23H26N4O3S2. The maximum Gasteiger partial charge on any atom is 0.253 e. The van der Waals surface area contributed by atoms with E-state index in [0.717, 1.165) is 23.7 Å². The number of carbonyl (C=O) groups is 1. The fourth-order valence-corrected chi connectivity index (χ4v) is 5.72. The zero-order valence-corrected chi connectivity index (χ0v) is 19.5. The van der Waals surface area contributed by atoms with Crippen LogP contribution in [-0.4, -0.2) is 50.4 Å². The van der Waals surface area contributed by atoms with Crippen LogP contribution in [0.15, 0.2) is 65.0 Å². The van der Waals surface area contributed by atoms with Gasteiger partial charge in [0.25, 0.3) is 5.91 Å². The second kappa shape index (κ2) is 9.81. The van der Waals surface area contributed by atoms with E-state index in [0.29, 0.717) is 30.8 Å². The molecule has 3 aromatic rings. The number of aryl methyl sites for hydroxylation is 1. The van der Waals surface area contributed by atoms with Crippen molar-refractivity contribution in [1.29, 1.82) is 0 Å². The lowest BCUT2D eigenvalue weighted by Gasteiger charge is -2.22. The molecule has 9 heteroatoms. The van der Waals surface area contributed by atoms with E-state index in [2.05, 4.69) is 14.6 Å². The van der Waals surface area contributed by atoms with Crippen molar-refractivity contribution in [3.05, 3.63) is 76.8 Å². The third-order valence-electron chi connectivity index (χ3n) is 5.51. The lowest BCUT2D eigenvalue weighted by atomic mass is 10.1. The maximum absolute atomic E-state index is 13.2. The number of nitrogens with one attached hydrogen (secondary N) is 1. The number of hydrogen-bond acceptors (Lipinski definition) is 6. The topological polar surface area (TPSA) is 82.6 Å². The van der Waals surface area contributed by atoms with Crippen molar-refractivity contribution >= 4 is 32.4 Å². The van der Waals surface area contributed by atoms with Crippen LogP contribution < -0.4 is 9.62 Å². The highest BCUT2D eigenvalue weighted by molar-refractivity contribution is 7.89. The molecule has 0 bridgehead atoms. The van der Waals surface area contributed by atoms with Crippen LogP contribution in [0.4, 0.5) is 5.13 Å². The van der Waals surface area contributed by atoms with Gasteiger partial charge in [0.15, 0.2) is 5.13 Å². The fraction of sp³-hybridized carbons (Fsp3) is 0.304. The number of anilines is 1. The Morgan fingerprint density at radius 2 is 1.91 bits per heavy atom. The number of carbonyl (C=O) groups excluding carboxylic acids is 1. The molecule has 1 aliphatic rings. The van der Waals surface area contributed by atoms with Gasteiger partial charge in [-0.2, -0.15) is 0 Å². The Hall–Kier alpha value is -2.75. The smallest absolute Gasteiger partial charge is 0.253 e. The lowest BCUT2D eigenvalue weighted by molar-refractivity contribution is 0.0766. The van der Waals surface area contributed by atoms with Gasteiger partial charge >= 0.3 is 0 Å². The summed E-state index contributed by atoms with van der Waals surface area (Å²) in [6.07, 6.45) is 2.62. The van der Waals surface area contributed by atoms with Crippen molar-refractivity contribution in [2.45, 2.75) is 24.8 Å². The number of sulfonamides is 1. The SMILES string of the molecule is Cc1ccc(C(=O)N2CCCN(c3nccs3)CC2)cc1S(=O)(=O)NCc1ccccc1. The quantitative estimate of drug-likeness (QED) is 0.598. The fourth-order valence-electron chi connectivity index (χ4n) is 3.74. The second-order valence-electron chi connectivity index (χ2n) is 7.74.